The van der Waals surface area contributed by atoms with E-state index >= 15 is 0 Å². The fourth-order valence-corrected chi connectivity index (χ4v) is 2.70. The summed E-state index contributed by atoms with van der Waals surface area (Å²) in [5.41, 5.74) is 1.05. The second-order valence-corrected chi connectivity index (χ2v) is 5.62. The van der Waals surface area contributed by atoms with Crippen LogP contribution in [0.3, 0.4) is 0 Å². The molecule has 0 N–H and O–H groups in total. The molecular formula is C18H24NO2. The molecule has 1 aromatic rings. The molecule has 1 aromatic carbocycles. The Bertz CT molecular complexity index is 461. The lowest BCUT2D eigenvalue weighted by Gasteiger charge is -2.12. The van der Waals surface area contributed by atoms with Crippen LogP contribution in [0.2, 0.25) is 0 Å². The molecule has 1 heterocycles. The second-order valence-electron chi connectivity index (χ2n) is 5.62. The van der Waals surface area contributed by atoms with Gasteiger partial charge in [-0.2, -0.15) is 0 Å². The van der Waals surface area contributed by atoms with Gasteiger partial charge in [0.1, 0.15) is 0 Å². The average Bonchev–Trinajstić information content (AvgIpc) is 2.75. The van der Waals surface area contributed by atoms with Crippen LogP contribution in [0.15, 0.2) is 24.3 Å². The number of fused-ring (bicyclic) bond motifs is 1. The molecule has 113 valence electrons. The zero-order valence-corrected chi connectivity index (χ0v) is 12.8. The van der Waals surface area contributed by atoms with Crippen molar-refractivity contribution in [1.82, 2.24) is 4.90 Å². The highest BCUT2D eigenvalue weighted by Gasteiger charge is 2.34. The number of rotatable bonds is 9. The van der Waals surface area contributed by atoms with Crippen molar-refractivity contribution in [3.8, 4) is 0 Å². The maximum absolute atomic E-state index is 12.1. The van der Waals surface area contributed by atoms with Crippen molar-refractivity contribution >= 4 is 11.8 Å². The topological polar surface area (TPSA) is 37.4 Å². The average molecular weight is 286 g/mol. The number of nitrogens with zero attached hydrogens (tertiary/aromatic N) is 1. The molecule has 0 spiro atoms. The molecule has 3 nitrogen and oxygen atoms in total. The van der Waals surface area contributed by atoms with E-state index in [4.69, 9.17) is 0 Å². The maximum atomic E-state index is 12.1. The highest BCUT2D eigenvalue weighted by atomic mass is 16.2. The van der Waals surface area contributed by atoms with Crippen molar-refractivity contribution in [2.75, 3.05) is 0 Å². The van der Waals surface area contributed by atoms with Gasteiger partial charge in [-0.1, -0.05) is 64.0 Å². The lowest BCUT2D eigenvalue weighted by molar-refractivity contribution is 0.0692. The Hall–Kier alpha value is -1.64. The van der Waals surface area contributed by atoms with E-state index in [0.717, 1.165) is 12.8 Å². The molecule has 1 aliphatic rings. The fraction of sp³-hybridized carbons (Fsp3) is 0.500. The van der Waals surface area contributed by atoms with Crippen LogP contribution in [0.4, 0.5) is 0 Å². The van der Waals surface area contributed by atoms with Crippen LogP contribution in [-0.4, -0.2) is 16.7 Å². The number of carbonyl (C=O) groups is 2. The summed E-state index contributed by atoms with van der Waals surface area (Å²) in [6.07, 6.45) is 9.45. The maximum Gasteiger partial charge on any atom is 0.261 e. The van der Waals surface area contributed by atoms with Gasteiger partial charge in [0, 0.05) is 0 Å². The van der Waals surface area contributed by atoms with E-state index in [1.807, 2.05) is 0 Å². The van der Waals surface area contributed by atoms with Crippen molar-refractivity contribution in [2.24, 2.45) is 0 Å². The third-order valence-corrected chi connectivity index (χ3v) is 3.94. The zero-order valence-electron chi connectivity index (χ0n) is 12.8. The first-order valence-electron chi connectivity index (χ1n) is 8.06. The highest BCUT2D eigenvalue weighted by molar-refractivity contribution is 6.21. The van der Waals surface area contributed by atoms with Crippen molar-refractivity contribution < 1.29 is 9.59 Å². The summed E-state index contributed by atoms with van der Waals surface area (Å²) < 4.78 is 0. The molecule has 2 amide bonds. The van der Waals surface area contributed by atoms with Gasteiger partial charge >= 0.3 is 0 Å². The predicted octanol–water partition coefficient (Wildman–Crippen LogP) is 4.59. The molecule has 0 atom stereocenters. The van der Waals surface area contributed by atoms with Crippen molar-refractivity contribution in [2.45, 2.75) is 58.3 Å². The first-order chi connectivity index (χ1) is 10.3. The summed E-state index contributed by atoms with van der Waals surface area (Å²) in [5.74, 6) is -0.364. The standard InChI is InChI=1S/C18H24NO2/c1-2-3-4-5-6-7-8-11-14-19-17(20)15-12-9-10-13-16(15)18(19)21/h9-10,12-14H,2-8,11H2,1H3. The third kappa shape index (κ3) is 3.93. The van der Waals surface area contributed by atoms with Gasteiger partial charge < -0.3 is 0 Å². The largest absolute Gasteiger partial charge is 0.269 e. The van der Waals surface area contributed by atoms with E-state index < -0.39 is 0 Å². The first-order valence-corrected chi connectivity index (χ1v) is 8.06. The summed E-state index contributed by atoms with van der Waals surface area (Å²) in [6, 6.07) is 7.03. The fourth-order valence-electron chi connectivity index (χ4n) is 2.70. The normalized spacial score (nSPS) is 13.9. The van der Waals surface area contributed by atoms with Crippen molar-refractivity contribution in [3.63, 3.8) is 0 Å². The molecule has 0 fully saturated rings. The van der Waals surface area contributed by atoms with E-state index in [1.165, 1.54) is 43.4 Å². The first kappa shape index (κ1) is 15.7. The summed E-state index contributed by atoms with van der Waals surface area (Å²) in [5, 5.41) is 0. The summed E-state index contributed by atoms with van der Waals surface area (Å²) in [7, 11) is 0. The Labute approximate surface area is 127 Å². The van der Waals surface area contributed by atoms with Crippen LogP contribution in [0.25, 0.3) is 0 Å². The van der Waals surface area contributed by atoms with Crippen LogP contribution < -0.4 is 0 Å². The van der Waals surface area contributed by atoms with E-state index in [-0.39, 0.29) is 11.8 Å². The van der Waals surface area contributed by atoms with Gasteiger partial charge in [-0.3, -0.25) is 14.5 Å². The van der Waals surface area contributed by atoms with Crippen LogP contribution in [-0.2, 0) is 0 Å². The van der Waals surface area contributed by atoms with Gasteiger partial charge in [0.15, 0.2) is 0 Å². The molecule has 21 heavy (non-hydrogen) atoms. The quantitative estimate of drug-likeness (QED) is 0.492. The molecule has 3 heteroatoms. The number of imide groups is 1. The third-order valence-electron chi connectivity index (χ3n) is 3.94. The minimum atomic E-state index is -0.182. The van der Waals surface area contributed by atoms with Crippen LogP contribution in [0.1, 0.15) is 79.0 Å². The smallest absolute Gasteiger partial charge is 0.261 e. The van der Waals surface area contributed by atoms with E-state index in [2.05, 4.69) is 6.92 Å². The van der Waals surface area contributed by atoms with Gasteiger partial charge in [-0.05, 0) is 18.6 Å². The Morgan fingerprint density at radius 2 is 1.38 bits per heavy atom. The highest BCUT2D eigenvalue weighted by Crippen LogP contribution is 2.24. The molecule has 0 unspecified atom stereocenters. The van der Waals surface area contributed by atoms with Crippen LogP contribution in [0.5, 0.6) is 0 Å². The van der Waals surface area contributed by atoms with Crippen LogP contribution >= 0.6 is 0 Å². The van der Waals surface area contributed by atoms with E-state index in [1.54, 1.807) is 30.8 Å². The van der Waals surface area contributed by atoms with Crippen molar-refractivity contribution in [3.05, 3.63) is 41.9 Å². The Morgan fingerprint density at radius 1 is 0.857 bits per heavy atom. The number of amides is 2. The molecular weight excluding hydrogens is 262 g/mol. The van der Waals surface area contributed by atoms with Gasteiger partial charge in [0.25, 0.3) is 11.8 Å². The molecule has 2 rings (SSSR count). The van der Waals surface area contributed by atoms with Crippen LogP contribution in [0, 0.1) is 6.54 Å². The predicted molar refractivity (Wildman–Crippen MR) is 83.9 cm³/mol. The molecule has 1 aliphatic heterocycles. The van der Waals surface area contributed by atoms with Gasteiger partial charge in [0.2, 0.25) is 0 Å². The number of unbranched alkanes of at least 4 members (excludes halogenated alkanes) is 7. The van der Waals surface area contributed by atoms with Gasteiger partial charge in [-0.25, -0.2) is 0 Å². The molecule has 1 radical (unpaired) electrons. The zero-order chi connectivity index (χ0) is 15.1. The summed E-state index contributed by atoms with van der Waals surface area (Å²) >= 11 is 0. The molecule has 0 aromatic heterocycles. The van der Waals surface area contributed by atoms with E-state index in [0.29, 0.717) is 11.1 Å². The van der Waals surface area contributed by atoms with Gasteiger partial charge in [0.05, 0.1) is 17.7 Å². The van der Waals surface area contributed by atoms with E-state index in [9.17, 15) is 9.59 Å². The summed E-state index contributed by atoms with van der Waals surface area (Å²) in [4.78, 5) is 25.5. The Balaban J connectivity index is 1.69. The molecule has 0 saturated heterocycles. The molecule has 0 aliphatic carbocycles. The second kappa shape index (κ2) is 7.96. The minimum Gasteiger partial charge on any atom is -0.269 e. The lowest BCUT2D eigenvalue weighted by atomic mass is 10.1. The number of carbonyl (C=O) groups excluding carboxylic acids is 2. The number of hydrogen-bond donors (Lipinski definition) is 0. The Morgan fingerprint density at radius 3 is 1.95 bits per heavy atom. The molecule has 0 saturated carbocycles. The Kier molecular flexibility index (Phi) is 5.97. The molecule has 0 bridgehead atoms. The minimum absolute atomic E-state index is 0.182. The number of hydrogen-bond acceptors (Lipinski definition) is 2. The lowest BCUT2D eigenvalue weighted by Crippen LogP contribution is -2.26. The van der Waals surface area contributed by atoms with Crippen molar-refractivity contribution in [1.29, 1.82) is 0 Å². The SMILES string of the molecule is CCCCCCCCC[CH]N1C(=O)c2ccccc2C1=O. The summed E-state index contributed by atoms with van der Waals surface area (Å²) in [6.45, 7) is 3.98. The number of benzene rings is 1. The van der Waals surface area contributed by atoms with Gasteiger partial charge in [-0.15, -0.1) is 0 Å². The monoisotopic (exact) mass is 286 g/mol.